The van der Waals surface area contributed by atoms with E-state index in [9.17, 15) is 4.79 Å². The van der Waals surface area contributed by atoms with Crippen LogP contribution in [0.5, 0.6) is 0 Å². The van der Waals surface area contributed by atoms with Crippen LogP contribution in [0, 0.1) is 0 Å². The van der Waals surface area contributed by atoms with Crippen LogP contribution in [0.25, 0.3) is 0 Å². The van der Waals surface area contributed by atoms with Crippen LogP contribution in [-0.4, -0.2) is 36.2 Å². The number of rotatable bonds is 5. The zero-order valence-electron chi connectivity index (χ0n) is 8.16. The van der Waals surface area contributed by atoms with Crippen molar-refractivity contribution >= 4 is 14.9 Å². The lowest BCUT2D eigenvalue weighted by atomic mass is 10.7. The molecule has 74 valence electrons. The van der Waals surface area contributed by atoms with E-state index >= 15 is 0 Å². The molecule has 0 aromatic carbocycles. The van der Waals surface area contributed by atoms with Gasteiger partial charge in [0.1, 0.15) is 5.32 Å². The Morgan fingerprint density at radius 1 is 1.31 bits per heavy atom. The second kappa shape index (κ2) is 5.79. The molecule has 5 nitrogen and oxygen atoms in total. The topological polar surface area (TPSA) is 57.1 Å². The third-order valence-corrected chi connectivity index (χ3v) is 4.20. The van der Waals surface area contributed by atoms with E-state index in [4.69, 9.17) is 13.3 Å². The number of isocyanates is 1. The van der Waals surface area contributed by atoms with Crippen LogP contribution >= 0.6 is 0 Å². The summed E-state index contributed by atoms with van der Waals surface area (Å²) in [7, 11) is 1.41. The van der Waals surface area contributed by atoms with E-state index in [-0.39, 0.29) is 0 Å². The van der Waals surface area contributed by atoms with Crippen molar-refractivity contribution < 1.29 is 18.1 Å². The minimum atomic E-state index is -2.94. The van der Waals surface area contributed by atoms with Gasteiger partial charge in [-0.3, -0.25) is 0 Å². The Kier molecular flexibility index (Phi) is 5.44. The van der Waals surface area contributed by atoms with E-state index in [1.807, 2.05) is 0 Å². The lowest BCUT2D eigenvalue weighted by Crippen LogP contribution is -2.44. The SMILES string of the molecule is CC=C(N=C=O)[Si](OC)(OC)OC. The second-order valence-corrected chi connectivity index (χ2v) is 4.89. The van der Waals surface area contributed by atoms with Gasteiger partial charge in [-0.1, -0.05) is 6.08 Å². The Morgan fingerprint density at radius 3 is 2.00 bits per heavy atom. The lowest BCUT2D eigenvalue weighted by Gasteiger charge is -2.23. The molecule has 0 amide bonds. The molecular formula is C7H13NO4Si. The number of nitrogens with zero attached hydrogens (tertiary/aromatic N) is 1. The van der Waals surface area contributed by atoms with E-state index in [2.05, 4.69) is 4.99 Å². The van der Waals surface area contributed by atoms with Crippen molar-refractivity contribution in [1.82, 2.24) is 0 Å². The van der Waals surface area contributed by atoms with E-state index in [1.54, 1.807) is 13.0 Å². The summed E-state index contributed by atoms with van der Waals surface area (Å²) in [6.07, 6.45) is 3.03. The molecule has 0 rings (SSSR count). The quantitative estimate of drug-likeness (QED) is 0.374. The normalized spacial score (nSPS) is 12.5. The van der Waals surface area contributed by atoms with Crippen molar-refractivity contribution in [2.24, 2.45) is 4.99 Å². The molecule has 0 atom stereocenters. The average molecular weight is 203 g/mol. The van der Waals surface area contributed by atoms with Gasteiger partial charge in [-0.15, -0.1) is 0 Å². The monoisotopic (exact) mass is 203 g/mol. The highest BCUT2D eigenvalue weighted by Gasteiger charge is 2.43. The number of carbonyl (C=O) groups excluding carboxylic acids is 1. The molecule has 0 radical (unpaired) electrons. The second-order valence-electron chi connectivity index (χ2n) is 2.05. The van der Waals surface area contributed by atoms with Gasteiger partial charge in [0.25, 0.3) is 0 Å². The molecule has 0 fully saturated rings. The molecule has 0 aliphatic heterocycles. The highest BCUT2D eigenvalue weighted by molar-refractivity contribution is 6.68. The first kappa shape index (κ1) is 12.2. The van der Waals surface area contributed by atoms with Crippen LogP contribution < -0.4 is 0 Å². The summed E-state index contributed by atoms with van der Waals surface area (Å²) in [6.45, 7) is 1.72. The average Bonchev–Trinajstić information content (AvgIpc) is 2.19. The molecule has 6 heteroatoms. The highest BCUT2D eigenvalue weighted by Crippen LogP contribution is 2.17. The Balaban J connectivity index is 5.00. The maximum atomic E-state index is 10.1. The first-order chi connectivity index (χ1) is 6.20. The first-order valence-electron chi connectivity index (χ1n) is 3.60. The fraction of sp³-hybridized carbons (Fsp3) is 0.571. The van der Waals surface area contributed by atoms with Crippen molar-refractivity contribution in [3.63, 3.8) is 0 Å². The van der Waals surface area contributed by atoms with Crippen molar-refractivity contribution in [3.05, 3.63) is 11.4 Å². The lowest BCUT2D eigenvalue weighted by molar-refractivity contribution is 0.134. The predicted molar refractivity (Wildman–Crippen MR) is 48.7 cm³/mol. The number of aliphatic imine (C=N–C) groups is 1. The molecule has 0 N–H and O–H groups in total. The minimum absolute atomic E-state index is 0.356. The summed E-state index contributed by atoms with van der Waals surface area (Å²) >= 11 is 0. The standard InChI is InChI=1S/C7H13NO4Si/c1-5-7(8-6-9)13(10-2,11-3)12-4/h5H,1-4H3. The van der Waals surface area contributed by atoms with Gasteiger partial charge in [0.15, 0.2) is 0 Å². The van der Waals surface area contributed by atoms with Gasteiger partial charge in [-0.25, -0.2) is 4.79 Å². The molecule has 13 heavy (non-hydrogen) atoms. The predicted octanol–water partition coefficient (Wildman–Crippen LogP) is 0.643. The molecule has 0 saturated heterocycles. The van der Waals surface area contributed by atoms with Crippen molar-refractivity contribution in [2.45, 2.75) is 6.92 Å². The number of allylic oxidation sites excluding steroid dienone is 1. The van der Waals surface area contributed by atoms with Gasteiger partial charge < -0.3 is 13.3 Å². The third kappa shape index (κ3) is 2.58. The molecule has 0 bridgehead atoms. The largest absolute Gasteiger partial charge is 0.556 e. The van der Waals surface area contributed by atoms with Gasteiger partial charge in [0.05, 0.1) is 0 Å². The van der Waals surface area contributed by atoms with Crippen molar-refractivity contribution in [3.8, 4) is 0 Å². The molecule has 0 aromatic heterocycles. The van der Waals surface area contributed by atoms with Crippen LogP contribution in [0.4, 0.5) is 0 Å². The third-order valence-electron chi connectivity index (χ3n) is 1.56. The summed E-state index contributed by atoms with van der Waals surface area (Å²) in [4.78, 5) is 13.6. The van der Waals surface area contributed by atoms with Gasteiger partial charge >= 0.3 is 8.80 Å². The molecule has 0 aliphatic rings. The van der Waals surface area contributed by atoms with Crippen LogP contribution in [0.2, 0.25) is 0 Å². The van der Waals surface area contributed by atoms with Gasteiger partial charge in [0, 0.05) is 21.3 Å². The maximum absolute atomic E-state index is 10.1. The van der Waals surface area contributed by atoms with E-state index in [1.165, 1.54) is 27.4 Å². The van der Waals surface area contributed by atoms with Gasteiger partial charge in [-0.05, 0) is 6.92 Å². The van der Waals surface area contributed by atoms with Crippen LogP contribution in [0.15, 0.2) is 16.4 Å². The maximum Gasteiger partial charge on any atom is 0.556 e. The minimum Gasteiger partial charge on any atom is -0.372 e. The Hall–Kier alpha value is -0.783. The fourth-order valence-electron chi connectivity index (χ4n) is 0.923. The smallest absolute Gasteiger partial charge is 0.372 e. The Bertz CT molecular complexity index is 222. The molecule has 0 aliphatic carbocycles. The molecule has 0 unspecified atom stereocenters. The summed E-state index contributed by atoms with van der Waals surface area (Å²) in [5.74, 6) is 0. The summed E-state index contributed by atoms with van der Waals surface area (Å²) < 4.78 is 15.3. The summed E-state index contributed by atoms with van der Waals surface area (Å²) in [5.41, 5.74) is 0. The van der Waals surface area contributed by atoms with Gasteiger partial charge in [0.2, 0.25) is 6.08 Å². The summed E-state index contributed by atoms with van der Waals surface area (Å²) in [6, 6.07) is 0. The molecule has 0 heterocycles. The summed E-state index contributed by atoms with van der Waals surface area (Å²) in [5, 5.41) is 0.356. The fourth-order valence-corrected chi connectivity index (χ4v) is 2.59. The highest BCUT2D eigenvalue weighted by atomic mass is 28.4. The Labute approximate surface area is 78.4 Å². The molecule has 0 saturated carbocycles. The first-order valence-corrected chi connectivity index (χ1v) is 5.33. The Morgan fingerprint density at radius 2 is 1.77 bits per heavy atom. The zero-order chi connectivity index (χ0) is 10.3. The number of hydrogen-bond acceptors (Lipinski definition) is 5. The van der Waals surface area contributed by atoms with Gasteiger partial charge in [-0.2, -0.15) is 4.99 Å². The van der Waals surface area contributed by atoms with E-state index in [0.717, 1.165) is 0 Å². The van der Waals surface area contributed by atoms with E-state index in [0.29, 0.717) is 5.32 Å². The number of hydrogen-bond donors (Lipinski definition) is 0. The van der Waals surface area contributed by atoms with Crippen LogP contribution in [-0.2, 0) is 18.1 Å². The zero-order valence-corrected chi connectivity index (χ0v) is 9.16. The molecule has 0 aromatic rings. The molecule has 0 spiro atoms. The van der Waals surface area contributed by atoms with Crippen molar-refractivity contribution in [1.29, 1.82) is 0 Å². The van der Waals surface area contributed by atoms with E-state index < -0.39 is 8.80 Å². The van der Waals surface area contributed by atoms with Crippen molar-refractivity contribution in [2.75, 3.05) is 21.3 Å². The molecular weight excluding hydrogens is 190 g/mol. The van der Waals surface area contributed by atoms with Crippen LogP contribution in [0.3, 0.4) is 0 Å². The van der Waals surface area contributed by atoms with Crippen LogP contribution in [0.1, 0.15) is 6.92 Å².